The molecule has 0 saturated heterocycles. The van der Waals surface area contributed by atoms with E-state index >= 15 is 0 Å². The zero-order valence-corrected chi connectivity index (χ0v) is 20.4. The summed E-state index contributed by atoms with van der Waals surface area (Å²) in [5.74, 6) is 0. The van der Waals surface area contributed by atoms with Crippen LogP contribution in [-0.4, -0.2) is 9.97 Å². The van der Waals surface area contributed by atoms with Gasteiger partial charge in [0.25, 0.3) is 0 Å². The van der Waals surface area contributed by atoms with Crippen LogP contribution in [0.2, 0.25) is 0 Å². The van der Waals surface area contributed by atoms with E-state index in [-0.39, 0.29) is 0 Å². The Labute approximate surface area is 201 Å². The summed E-state index contributed by atoms with van der Waals surface area (Å²) in [7, 11) is 0. The lowest BCUT2D eigenvalue weighted by molar-refractivity contribution is 0.710. The van der Waals surface area contributed by atoms with Crippen LogP contribution in [0.4, 0.5) is 0 Å². The number of rotatable bonds is 8. The molecule has 172 valence electrons. The van der Waals surface area contributed by atoms with Gasteiger partial charge in [-0.25, -0.2) is 0 Å². The lowest BCUT2D eigenvalue weighted by Gasteiger charge is -2.09. The molecule has 2 heterocycles. The third-order valence-electron chi connectivity index (χ3n) is 7.61. The van der Waals surface area contributed by atoms with Crippen molar-refractivity contribution >= 4 is 54.1 Å². The smallest absolute Gasteiger partial charge is 0.0462 e. The van der Waals surface area contributed by atoms with E-state index in [4.69, 9.17) is 0 Å². The Balaban J connectivity index is 1.47. The molecular weight excluding hydrogens is 412 g/mol. The number of H-pyrrole nitrogens is 2. The molecule has 2 heteroatoms. The van der Waals surface area contributed by atoms with Crippen molar-refractivity contribution < 1.29 is 0 Å². The van der Waals surface area contributed by atoms with Crippen LogP contribution in [0.5, 0.6) is 0 Å². The van der Waals surface area contributed by atoms with Gasteiger partial charge >= 0.3 is 0 Å². The molecule has 0 spiro atoms. The number of benzene rings is 4. The normalized spacial score (nSPS) is 12.2. The Bertz CT molecular complexity index is 1510. The average molecular weight is 447 g/mol. The highest BCUT2D eigenvalue weighted by Gasteiger charge is 2.12. The summed E-state index contributed by atoms with van der Waals surface area (Å²) in [6, 6.07) is 23.2. The number of aromatic nitrogens is 2. The van der Waals surface area contributed by atoms with Gasteiger partial charge in [0.2, 0.25) is 0 Å². The molecule has 6 rings (SSSR count). The van der Waals surface area contributed by atoms with E-state index in [1.54, 1.807) is 0 Å². The fourth-order valence-electron chi connectivity index (χ4n) is 5.78. The molecule has 6 aromatic rings. The fourth-order valence-corrected chi connectivity index (χ4v) is 5.78. The SMILES string of the molecule is CCCCCc1cc2c(ccc3c2ccc2c4ccc5[nH]c(CCCCC)cc5c4ccc32)[nH]1. The van der Waals surface area contributed by atoms with Crippen LogP contribution in [-0.2, 0) is 12.8 Å². The predicted octanol–water partition coefficient (Wildman–Crippen LogP) is 9.57. The highest BCUT2D eigenvalue weighted by molar-refractivity contribution is 6.24. The van der Waals surface area contributed by atoms with Crippen LogP contribution >= 0.6 is 0 Å². The first-order valence-corrected chi connectivity index (χ1v) is 13.2. The topological polar surface area (TPSA) is 31.6 Å². The van der Waals surface area contributed by atoms with Crippen molar-refractivity contribution in [3.8, 4) is 0 Å². The zero-order chi connectivity index (χ0) is 23.1. The number of hydrogen-bond acceptors (Lipinski definition) is 0. The van der Waals surface area contributed by atoms with Crippen molar-refractivity contribution in [2.24, 2.45) is 0 Å². The molecule has 2 nitrogen and oxygen atoms in total. The first-order valence-electron chi connectivity index (χ1n) is 13.2. The summed E-state index contributed by atoms with van der Waals surface area (Å²) in [6.45, 7) is 4.53. The monoisotopic (exact) mass is 446 g/mol. The third-order valence-corrected chi connectivity index (χ3v) is 7.61. The molecule has 0 unspecified atom stereocenters. The number of nitrogens with one attached hydrogen (secondary N) is 2. The highest BCUT2D eigenvalue weighted by atomic mass is 14.7. The molecule has 0 aliphatic carbocycles. The average Bonchev–Trinajstić information content (AvgIpc) is 3.47. The largest absolute Gasteiger partial charge is 0.358 e. The first-order chi connectivity index (χ1) is 16.8. The molecule has 2 N–H and O–H groups in total. The lowest BCUT2D eigenvalue weighted by Crippen LogP contribution is -1.84. The van der Waals surface area contributed by atoms with Crippen molar-refractivity contribution in [3.05, 3.63) is 72.1 Å². The van der Waals surface area contributed by atoms with Gasteiger partial charge in [-0.05, 0) is 82.3 Å². The maximum Gasteiger partial charge on any atom is 0.0462 e. The number of fused-ring (bicyclic) bond motifs is 9. The fraction of sp³-hybridized carbons (Fsp3) is 0.312. The number of unbranched alkanes of at least 4 members (excludes halogenated alkanes) is 4. The molecule has 0 fully saturated rings. The Morgan fingerprint density at radius 3 is 1.18 bits per heavy atom. The van der Waals surface area contributed by atoms with Gasteiger partial charge in [-0.2, -0.15) is 0 Å². The Hall–Kier alpha value is -3.26. The maximum absolute atomic E-state index is 3.66. The minimum Gasteiger partial charge on any atom is -0.358 e. The molecule has 0 radical (unpaired) electrons. The maximum atomic E-state index is 3.66. The second kappa shape index (κ2) is 8.83. The molecule has 0 atom stereocenters. The van der Waals surface area contributed by atoms with Crippen LogP contribution < -0.4 is 0 Å². The van der Waals surface area contributed by atoms with Gasteiger partial charge in [-0.3, -0.25) is 0 Å². The standard InChI is InChI=1S/C32H34N2/c1-3-5-7-9-21-19-29-27-13-11-24-23(25(27)15-17-31(29)33-21)12-14-28-26(24)16-18-32-30(28)20-22(34-32)10-8-6-4-2/h11-20,33-34H,3-10H2,1-2H3. The van der Waals surface area contributed by atoms with E-state index in [2.05, 4.69) is 84.5 Å². The van der Waals surface area contributed by atoms with E-state index < -0.39 is 0 Å². The van der Waals surface area contributed by atoms with Crippen LogP contribution in [0.1, 0.15) is 63.8 Å². The van der Waals surface area contributed by atoms with E-state index in [9.17, 15) is 0 Å². The summed E-state index contributed by atoms with van der Waals surface area (Å²) >= 11 is 0. The summed E-state index contributed by atoms with van der Waals surface area (Å²) in [6.07, 6.45) is 9.89. The number of aryl methyl sites for hydroxylation is 2. The van der Waals surface area contributed by atoms with Crippen molar-refractivity contribution in [2.75, 3.05) is 0 Å². The molecule has 0 saturated carbocycles. The molecule has 0 aliphatic rings. The zero-order valence-electron chi connectivity index (χ0n) is 20.4. The van der Waals surface area contributed by atoms with E-state index in [1.165, 1.54) is 104 Å². The van der Waals surface area contributed by atoms with E-state index in [1.807, 2.05) is 0 Å². The van der Waals surface area contributed by atoms with Gasteiger partial charge in [-0.1, -0.05) is 75.9 Å². The summed E-state index contributed by atoms with van der Waals surface area (Å²) in [4.78, 5) is 7.32. The third kappa shape index (κ3) is 3.57. The summed E-state index contributed by atoms with van der Waals surface area (Å²) in [5, 5.41) is 10.8. The minimum absolute atomic E-state index is 1.13. The number of aromatic amines is 2. The van der Waals surface area contributed by atoms with Gasteiger partial charge in [0.05, 0.1) is 0 Å². The molecule has 0 amide bonds. The Morgan fingerprint density at radius 2 is 0.794 bits per heavy atom. The van der Waals surface area contributed by atoms with Crippen molar-refractivity contribution in [3.63, 3.8) is 0 Å². The van der Waals surface area contributed by atoms with Crippen LogP contribution in [0, 0.1) is 0 Å². The highest BCUT2D eigenvalue weighted by Crippen LogP contribution is 2.37. The molecule has 34 heavy (non-hydrogen) atoms. The lowest BCUT2D eigenvalue weighted by atomic mass is 9.94. The van der Waals surface area contributed by atoms with Gasteiger partial charge in [0.1, 0.15) is 0 Å². The Morgan fingerprint density at radius 1 is 0.441 bits per heavy atom. The minimum atomic E-state index is 1.13. The predicted molar refractivity (Wildman–Crippen MR) is 149 cm³/mol. The van der Waals surface area contributed by atoms with Gasteiger partial charge in [0, 0.05) is 33.2 Å². The molecule has 4 aromatic carbocycles. The summed E-state index contributed by atoms with van der Waals surface area (Å²) < 4.78 is 0. The molecular formula is C32H34N2. The van der Waals surface area contributed by atoms with Crippen molar-refractivity contribution in [1.29, 1.82) is 0 Å². The Kier molecular flexibility index (Phi) is 5.53. The van der Waals surface area contributed by atoms with Gasteiger partial charge in [0.15, 0.2) is 0 Å². The molecule has 2 aromatic heterocycles. The van der Waals surface area contributed by atoms with E-state index in [0.717, 1.165) is 12.8 Å². The van der Waals surface area contributed by atoms with Crippen molar-refractivity contribution in [1.82, 2.24) is 9.97 Å². The van der Waals surface area contributed by atoms with Crippen LogP contribution in [0.3, 0.4) is 0 Å². The molecule has 0 aliphatic heterocycles. The van der Waals surface area contributed by atoms with Crippen LogP contribution in [0.15, 0.2) is 60.7 Å². The molecule has 0 bridgehead atoms. The quantitative estimate of drug-likeness (QED) is 0.172. The van der Waals surface area contributed by atoms with Gasteiger partial charge in [-0.15, -0.1) is 0 Å². The van der Waals surface area contributed by atoms with Crippen LogP contribution in [0.25, 0.3) is 54.1 Å². The second-order valence-electron chi connectivity index (χ2n) is 9.97. The second-order valence-corrected chi connectivity index (χ2v) is 9.97. The number of hydrogen-bond donors (Lipinski definition) is 2. The van der Waals surface area contributed by atoms with E-state index in [0.29, 0.717) is 0 Å². The summed E-state index contributed by atoms with van der Waals surface area (Å²) in [5.41, 5.74) is 5.23. The van der Waals surface area contributed by atoms with Gasteiger partial charge < -0.3 is 9.97 Å². The first kappa shape index (κ1) is 21.3. The van der Waals surface area contributed by atoms with Crippen molar-refractivity contribution in [2.45, 2.75) is 65.2 Å².